The molecular formula is C15H15F2NO3. The molecular weight excluding hydrogens is 280 g/mol. The minimum atomic E-state index is -2.93. The van der Waals surface area contributed by atoms with Crippen LogP contribution < -0.4 is 14.8 Å². The Bertz CT molecular complexity index is 550. The number of hydrogen-bond acceptors (Lipinski definition) is 3. The van der Waals surface area contributed by atoms with Gasteiger partial charge in [-0.05, 0) is 30.7 Å². The number of amides is 1. The predicted octanol–water partition coefficient (Wildman–Crippen LogP) is 2.45. The number of alkyl halides is 2. The zero-order valence-electron chi connectivity index (χ0n) is 11.4. The summed E-state index contributed by atoms with van der Waals surface area (Å²) in [4.78, 5) is 11.3. The molecule has 1 aromatic carbocycles. The maximum atomic E-state index is 12.3. The summed E-state index contributed by atoms with van der Waals surface area (Å²) in [5.41, 5.74) is 0.607. The van der Waals surface area contributed by atoms with Gasteiger partial charge in [-0.3, -0.25) is 4.79 Å². The number of halogens is 2. The molecule has 0 aliphatic heterocycles. The summed E-state index contributed by atoms with van der Waals surface area (Å²) in [5, 5.41) is 2.46. The first-order valence-electron chi connectivity index (χ1n) is 6.17. The fraction of sp³-hybridized carbons (Fsp3) is 0.267. The molecule has 1 aromatic rings. The van der Waals surface area contributed by atoms with Crippen molar-refractivity contribution in [3.8, 4) is 23.8 Å². The van der Waals surface area contributed by atoms with Crippen LogP contribution in [0.25, 0.3) is 6.08 Å². The Balaban J connectivity index is 2.85. The van der Waals surface area contributed by atoms with Crippen molar-refractivity contribution >= 4 is 12.0 Å². The van der Waals surface area contributed by atoms with Crippen molar-refractivity contribution in [2.75, 3.05) is 13.2 Å². The van der Waals surface area contributed by atoms with Gasteiger partial charge in [0.25, 0.3) is 0 Å². The smallest absolute Gasteiger partial charge is 0.387 e. The van der Waals surface area contributed by atoms with Crippen molar-refractivity contribution in [3.05, 3.63) is 29.8 Å². The van der Waals surface area contributed by atoms with Crippen molar-refractivity contribution in [2.45, 2.75) is 13.5 Å². The van der Waals surface area contributed by atoms with Crippen LogP contribution in [-0.4, -0.2) is 25.7 Å². The van der Waals surface area contributed by atoms with E-state index in [9.17, 15) is 13.6 Å². The van der Waals surface area contributed by atoms with Gasteiger partial charge in [0, 0.05) is 6.08 Å². The molecule has 0 saturated heterocycles. The van der Waals surface area contributed by atoms with E-state index < -0.39 is 6.61 Å². The Labute approximate surface area is 121 Å². The summed E-state index contributed by atoms with van der Waals surface area (Å²) < 4.78 is 34.1. The third-order valence-corrected chi connectivity index (χ3v) is 2.28. The van der Waals surface area contributed by atoms with Crippen LogP contribution in [0.1, 0.15) is 12.5 Å². The van der Waals surface area contributed by atoms with E-state index in [0.717, 1.165) is 0 Å². The molecule has 21 heavy (non-hydrogen) atoms. The van der Waals surface area contributed by atoms with Crippen LogP contribution in [-0.2, 0) is 4.79 Å². The molecule has 0 radical (unpaired) electrons. The average molecular weight is 295 g/mol. The van der Waals surface area contributed by atoms with E-state index in [-0.39, 0.29) is 24.0 Å². The highest BCUT2D eigenvalue weighted by Crippen LogP contribution is 2.30. The quantitative estimate of drug-likeness (QED) is 0.621. The van der Waals surface area contributed by atoms with E-state index in [4.69, 9.17) is 11.2 Å². The van der Waals surface area contributed by atoms with Gasteiger partial charge in [0.15, 0.2) is 11.5 Å². The standard InChI is InChI=1S/C15H15F2NO3/c1-3-9-18-14(19)8-6-11-5-7-12(21-15(16)17)13(10-11)20-4-2/h1,5-8,10,15H,4,9H2,2H3,(H,18,19)/b8-6+. The van der Waals surface area contributed by atoms with Gasteiger partial charge in [0.1, 0.15) is 0 Å². The minimum Gasteiger partial charge on any atom is -0.490 e. The van der Waals surface area contributed by atoms with Crippen molar-refractivity contribution < 1.29 is 23.0 Å². The zero-order chi connectivity index (χ0) is 15.7. The van der Waals surface area contributed by atoms with Gasteiger partial charge in [-0.25, -0.2) is 0 Å². The Kier molecular flexibility index (Phi) is 6.75. The lowest BCUT2D eigenvalue weighted by atomic mass is 10.2. The topological polar surface area (TPSA) is 47.6 Å². The Morgan fingerprint density at radius 2 is 2.24 bits per heavy atom. The van der Waals surface area contributed by atoms with Crippen LogP contribution in [0.5, 0.6) is 11.5 Å². The SMILES string of the molecule is C#CCNC(=O)/C=C/c1ccc(OC(F)F)c(OCC)c1. The van der Waals surface area contributed by atoms with Gasteiger partial charge in [0.05, 0.1) is 13.2 Å². The summed E-state index contributed by atoms with van der Waals surface area (Å²) >= 11 is 0. The monoisotopic (exact) mass is 295 g/mol. The Morgan fingerprint density at radius 1 is 1.48 bits per heavy atom. The second-order valence-electron chi connectivity index (χ2n) is 3.77. The molecule has 0 aliphatic carbocycles. The van der Waals surface area contributed by atoms with Crippen LogP contribution in [0, 0.1) is 12.3 Å². The molecule has 0 fully saturated rings. The van der Waals surface area contributed by atoms with Crippen molar-refractivity contribution in [3.63, 3.8) is 0 Å². The van der Waals surface area contributed by atoms with E-state index >= 15 is 0 Å². The molecule has 1 N–H and O–H groups in total. The fourth-order valence-electron chi connectivity index (χ4n) is 1.46. The second kappa shape index (κ2) is 8.59. The molecule has 4 nitrogen and oxygen atoms in total. The van der Waals surface area contributed by atoms with Gasteiger partial charge in [0.2, 0.25) is 5.91 Å². The molecule has 1 rings (SSSR count). The number of nitrogens with one attached hydrogen (secondary N) is 1. The fourth-order valence-corrected chi connectivity index (χ4v) is 1.46. The summed E-state index contributed by atoms with van der Waals surface area (Å²) in [6.45, 7) is -0.772. The first kappa shape index (κ1) is 16.5. The van der Waals surface area contributed by atoms with E-state index in [1.807, 2.05) is 0 Å². The van der Waals surface area contributed by atoms with E-state index in [0.29, 0.717) is 12.2 Å². The van der Waals surface area contributed by atoms with Gasteiger partial charge in [-0.15, -0.1) is 6.42 Å². The second-order valence-corrected chi connectivity index (χ2v) is 3.77. The molecule has 0 atom stereocenters. The van der Waals surface area contributed by atoms with E-state index in [1.54, 1.807) is 6.92 Å². The van der Waals surface area contributed by atoms with Crippen molar-refractivity contribution in [1.29, 1.82) is 0 Å². The largest absolute Gasteiger partial charge is 0.490 e. The van der Waals surface area contributed by atoms with Gasteiger partial charge in [-0.1, -0.05) is 12.0 Å². The van der Waals surface area contributed by atoms with Crippen LogP contribution in [0.4, 0.5) is 8.78 Å². The summed E-state index contributed by atoms with van der Waals surface area (Å²) in [6, 6.07) is 4.40. The highest BCUT2D eigenvalue weighted by Gasteiger charge is 2.10. The third-order valence-electron chi connectivity index (χ3n) is 2.28. The molecule has 0 heterocycles. The highest BCUT2D eigenvalue weighted by atomic mass is 19.3. The van der Waals surface area contributed by atoms with Crippen LogP contribution >= 0.6 is 0 Å². The lowest BCUT2D eigenvalue weighted by Gasteiger charge is -2.11. The number of carbonyl (C=O) groups excluding carboxylic acids is 1. The number of benzene rings is 1. The number of terminal acetylenes is 1. The lowest BCUT2D eigenvalue weighted by Crippen LogP contribution is -2.20. The van der Waals surface area contributed by atoms with Crippen LogP contribution in [0.15, 0.2) is 24.3 Å². The molecule has 0 bridgehead atoms. The minimum absolute atomic E-state index is 0.0548. The molecule has 0 saturated carbocycles. The number of carbonyl (C=O) groups is 1. The zero-order valence-corrected chi connectivity index (χ0v) is 11.4. The van der Waals surface area contributed by atoms with Crippen LogP contribution in [0.3, 0.4) is 0 Å². The van der Waals surface area contributed by atoms with Gasteiger partial charge in [-0.2, -0.15) is 8.78 Å². The summed E-state index contributed by atoms with van der Waals surface area (Å²) in [7, 11) is 0. The first-order valence-corrected chi connectivity index (χ1v) is 6.17. The maximum absolute atomic E-state index is 12.3. The van der Waals surface area contributed by atoms with E-state index in [2.05, 4.69) is 16.0 Å². The molecule has 1 amide bonds. The number of ether oxygens (including phenoxy) is 2. The summed E-state index contributed by atoms with van der Waals surface area (Å²) in [5.74, 6) is 2.06. The first-order chi connectivity index (χ1) is 10.1. The number of rotatable bonds is 7. The molecule has 0 aliphatic rings. The highest BCUT2D eigenvalue weighted by molar-refractivity contribution is 5.91. The molecule has 0 aromatic heterocycles. The number of hydrogen-bond donors (Lipinski definition) is 1. The molecule has 6 heteroatoms. The third kappa shape index (κ3) is 5.95. The van der Waals surface area contributed by atoms with Crippen LogP contribution in [0.2, 0.25) is 0 Å². The molecule has 0 unspecified atom stereocenters. The van der Waals surface area contributed by atoms with E-state index in [1.165, 1.54) is 30.4 Å². The normalized spacial score (nSPS) is 10.4. The molecule has 0 spiro atoms. The summed E-state index contributed by atoms with van der Waals surface area (Å²) in [6.07, 6.45) is 7.82. The average Bonchev–Trinajstić information content (AvgIpc) is 2.45. The van der Waals surface area contributed by atoms with Gasteiger partial charge < -0.3 is 14.8 Å². The molecule has 112 valence electrons. The Hall–Kier alpha value is -2.55. The lowest BCUT2D eigenvalue weighted by molar-refractivity contribution is -0.116. The van der Waals surface area contributed by atoms with Crippen molar-refractivity contribution in [1.82, 2.24) is 5.32 Å². The maximum Gasteiger partial charge on any atom is 0.387 e. The predicted molar refractivity (Wildman–Crippen MR) is 75.1 cm³/mol. The van der Waals surface area contributed by atoms with Crippen molar-refractivity contribution in [2.24, 2.45) is 0 Å². The van der Waals surface area contributed by atoms with Gasteiger partial charge >= 0.3 is 6.61 Å². The Morgan fingerprint density at radius 3 is 2.86 bits per heavy atom.